The third-order valence-corrected chi connectivity index (χ3v) is 3.30. The molecule has 2 aromatic rings. The van der Waals surface area contributed by atoms with E-state index in [0.717, 1.165) is 36.6 Å². The lowest BCUT2D eigenvalue weighted by atomic mass is 10.1. The van der Waals surface area contributed by atoms with Gasteiger partial charge in [0, 0.05) is 0 Å². The zero-order valence-corrected chi connectivity index (χ0v) is 9.85. The second kappa shape index (κ2) is 4.37. The van der Waals surface area contributed by atoms with Crippen molar-refractivity contribution in [1.29, 1.82) is 0 Å². The fraction of sp³-hybridized carbons (Fsp3) is 0.462. The summed E-state index contributed by atoms with van der Waals surface area (Å²) in [6, 6.07) is 5.69. The number of nitrogen functional groups attached to an aromatic ring is 1. The van der Waals surface area contributed by atoms with E-state index >= 15 is 0 Å². The van der Waals surface area contributed by atoms with Gasteiger partial charge in [0.15, 0.2) is 5.58 Å². The predicted molar refractivity (Wildman–Crippen MR) is 67.5 cm³/mol. The molecular formula is C13H17N3O. The normalized spacial score (nSPS) is 17.6. The average molecular weight is 231 g/mol. The van der Waals surface area contributed by atoms with Crippen LogP contribution in [0, 0.1) is 0 Å². The number of oxazole rings is 1. The Hall–Kier alpha value is -1.55. The van der Waals surface area contributed by atoms with E-state index in [-0.39, 0.29) is 0 Å². The van der Waals surface area contributed by atoms with Crippen LogP contribution in [0.2, 0.25) is 0 Å². The number of para-hydroxylation sites is 1. The molecule has 1 fully saturated rings. The van der Waals surface area contributed by atoms with Gasteiger partial charge >= 0.3 is 0 Å². The number of nitrogens with two attached hydrogens (primary N) is 1. The van der Waals surface area contributed by atoms with Crippen LogP contribution in [0.15, 0.2) is 22.6 Å². The molecule has 0 radical (unpaired) electrons. The second-order valence-electron chi connectivity index (χ2n) is 4.64. The number of hydrogen-bond donors (Lipinski definition) is 1. The van der Waals surface area contributed by atoms with Crippen molar-refractivity contribution >= 4 is 16.8 Å². The minimum absolute atomic E-state index is 0.667. The number of anilines is 1. The second-order valence-corrected chi connectivity index (χ2v) is 4.64. The van der Waals surface area contributed by atoms with E-state index < -0.39 is 0 Å². The number of rotatable bonds is 2. The van der Waals surface area contributed by atoms with Gasteiger partial charge in [0.05, 0.1) is 12.2 Å². The summed E-state index contributed by atoms with van der Waals surface area (Å²) in [4.78, 5) is 6.87. The fourth-order valence-corrected chi connectivity index (χ4v) is 2.39. The smallest absolute Gasteiger partial charge is 0.209 e. The molecule has 17 heavy (non-hydrogen) atoms. The molecule has 0 amide bonds. The highest BCUT2D eigenvalue weighted by Crippen LogP contribution is 2.22. The van der Waals surface area contributed by atoms with Crippen LogP contribution in [0.1, 0.15) is 25.2 Å². The largest absolute Gasteiger partial charge is 0.437 e. The molecule has 0 spiro atoms. The van der Waals surface area contributed by atoms with Gasteiger partial charge in [-0.05, 0) is 38.1 Å². The summed E-state index contributed by atoms with van der Waals surface area (Å²) in [6.45, 7) is 3.09. The van der Waals surface area contributed by atoms with Crippen LogP contribution < -0.4 is 5.73 Å². The van der Waals surface area contributed by atoms with Crippen molar-refractivity contribution in [2.24, 2.45) is 0 Å². The van der Waals surface area contributed by atoms with E-state index in [1.807, 2.05) is 18.2 Å². The van der Waals surface area contributed by atoms with Crippen molar-refractivity contribution in [3.05, 3.63) is 24.1 Å². The Morgan fingerprint density at radius 3 is 2.82 bits per heavy atom. The number of benzene rings is 1. The van der Waals surface area contributed by atoms with Gasteiger partial charge in [0.2, 0.25) is 5.89 Å². The van der Waals surface area contributed by atoms with Gasteiger partial charge in [-0.2, -0.15) is 0 Å². The quantitative estimate of drug-likeness (QED) is 0.806. The van der Waals surface area contributed by atoms with Crippen LogP contribution in [0.4, 0.5) is 5.69 Å². The van der Waals surface area contributed by atoms with E-state index in [0.29, 0.717) is 5.69 Å². The van der Waals surface area contributed by atoms with Crippen molar-refractivity contribution in [2.45, 2.75) is 25.8 Å². The molecule has 1 saturated heterocycles. The van der Waals surface area contributed by atoms with E-state index in [1.165, 1.54) is 19.3 Å². The molecule has 0 atom stereocenters. The van der Waals surface area contributed by atoms with Gasteiger partial charge in [-0.1, -0.05) is 12.5 Å². The predicted octanol–water partition coefficient (Wildman–Crippen LogP) is 2.40. The van der Waals surface area contributed by atoms with Crippen LogP contribution >= 0.6 is 0 Å². The molecule has 2 heterocycles. The Morgan fingerprint density at radius 2 is 2.06 bits per heavy atom. The highest BCUT2D eigenvalue weighted by atomic mass is 16.3. The van der Waals surface area contributed by atoms with Crippen molar-refractivity contribution in [3.63, 3.8) is 0 Å². The van der Waals surface area contributed by atoms with Crippen LogP contribution in [0.25, 0.3) is 11.1 Å². The first-order valence-electron chi connectivity index (χ1n) is 6.19. The summed E-state index contributed by atoms with van der Waals surface area (Å²) in [7, 11) is 0. The van der Waals surface area contributed by atoms with E-state index in [4.69, 9.17) is 10.2 Å². The number of aromatic nitrogens is 1. The van der Waals surface area contributed by atoms with E-state index in [1.54, 1.807) is 0 Å². The summed E-state index contributed by atoms with van der Waals surface area (Å²) < 4.78 is 5.72. The minimum atomic E-state index is 0.667. The van der Waals surface area contributed by atoms with E-state index in [9.17, 15) is 0 Å². The number of piperidine rings is 1. The average Bonchev–Trinajstić information content (AvgIpc) is 2.74. The van der Waals surface area contributed by atoms with Gasteiger partial charge < -0.3 is 10.2 Å². The summed E-state index contributed by atoms with van der Waals surface area (Å²) >= 11 is 0. The number of likely N-dealkylation sites (tertiary alicyclic amines) is 1. The lowest BCUT2D eigenvalue weighted by molar-refractivity contribution is 0.203. The zero-order valence-electron chi connectivity index (χ0n) is 9.85. The zero-order chi connectivity index (χ0) is 11.7. The molecule has 0 unspecified atom stereocenters. The molecule has 90 valence electrons. The summed E-state index contributed by atoms with van der Waals surface area (Å²) in [6.07, 6.45) is 3.90. The molecule has 4 heteroatoms. The first-order chi connectivity index (χ1) is 8.33. The van der Waals surface area contributed by atoms with Gasteiger partial charge in [0.25, 0.3) is 0 Å². The lowest BCUT2D eigenvalue weighted by Crippen LogP contribution is -2.29. The maximum atomic E-state index is 5.86. The molecule has 3 rings (SSSR count). The summed E-state index contributed by atoms with van der Waals surface area (Å²) in [5.41, 5.74) is 8.10. The van der Waals surface area contributed by atoms with Gasteiger partial charge in [-0.15, -0.1) is 0 Å². The van der Waals surface area contributed by atoms with E-state index in [2.05, 4.69) is 9.88 Å². The molecule has 1 aliphatic heterocycles. The summed E-state index contributed by atoms with van der Waals surface area (Å²) in [5, 5.41) is 0. The van der Waals surface area contributed by atoms with Crippen LogP contribution in [0.3, 0.4) is 0 Å². The van der Waals surface area contributed by atoms with Crippen molar-refractivity contribution in [1.82, 2.24) is 9.88 Å². The number of hydrogen-bond acceptors (Lipinski definition) is 4. The molecule has 0 bridgehead atoms. The Bertz CT molecular complexity index is 514. The number of fused-ring (bicyclic) bond motifs is 1. The van der Waals surface area contributed by atoms with Crippen molar-refractivity contribution < 1.29 is 4.42 Å². The van der Waals surface area contributed by atoms with Crippen LogP contribution in [-0.4, -0.2) is 23.0 Å². The third-order valence-electron chi connectivity index (χ3n) is 3.30. The lowest BCUT2D eigenvalue weighted by Gasteiger charge is -2.24. The SMILES string of the molecule is Nc1cccc2nc(CN3CCCCC3)oc12. The van der Waals surface area contributed by atoms with Crippen LogP contribution in [-0.2, 0) is 6.54 Å². The molecule has 1 aromatic heterocycles. The molecule has 1 aliphatic rings. The molecule has 2 N–H and O–H groups in total. The Balaban J connectivity index is 1.83. The maximum absolute atomic E-state index is 5.86. The third kappa shape index (κ3) is 2.13. The first kappa shape index (κ1) is 10.6. The molecule has 0 saturated carbocycles. The number of nitrogens with zero attached hydrogens (tertiary/aromatic N) is 2. The Kier molecular flexibility index (Phi) is 2.73. The highest BCUT2D eigenvalue weighted by molar-refractivity contribution is 5.84. The van der Waals surface area contributed by atoms with Crippen molar-refractivity contribution in [2.75, 3.05) is 18.8 Å². The molecule has 1 aromatic carbocycles. The highest BCUT2D eigenvalue weighted by Gasteiger charge is 2.14. The van der Waals surface area contributed by atoms with Gasteiger partial charge in [-0.25, -0.2) is 4.98 Å². The summed E-state index contributed by atoms with van der Waals surface area (Å²) in [5.74, 6) is 0.778. The van der Waals surface area contributed by atoms with Crippen LogP contribution in [0.5, 0.6) is 0 Å². The molecule has 0 aliphatic carbocycles. The van der Waals surface area contributed by atoms with Gasteiger partial charge in [-0.3, -0.25) is 4.90 Å². The Morgan fingerprint density at radius 1 is 1.24 bits per heavy atom. The molecule has 4 nitrogen and oxygen atoms in total. The Labute approximate surface area is 100 Å². The van der Waals surface area contributed by atoms with Crippen molar-refractivity contribution in [3.8, 4) is 0 Å². The first-order valence-corrected chi connectivity index (χ1v) is 6.19. The topological polar surface area (TPSA) is 55.3 Å². The van der Waals surface area contributed by atoms with Gasteiger partial charge in [0.1, 0.15) is 5.52 Å². The fourth-order valence-electron chi connectivity index (χ4n) is 2.39. The maximum Gasteiger partial charge on any atom is 0.209 e. The standard InChI is InChI=1S/C13H17N3O/c14-10-5-4-6-11-13(10)17-12(15-11)9-16-7-2-1-3-8-16/h4-6H,1-3,7-9,14H2. The monoisotopic (exact) mass is 231 g/mol. The minimum Gasteiger partial charge on any atom is -0.437 e. The molecular weight excluding hydrogens is 214 g/mol.